The topological polar surface area (TPSA) is 63.6 Å². The van der Waals surface area contributed by atoms with Crippen LogP contribution in [-0.4, -0.2) is 23.1 Å². The van der Waals surface area contributed by atoms with E-state index >= 15 is 0 Å². The van der Waals surface area contributed by atoms with Crippen LogP contribution in [0.3, 0.4) is 0 Å². The summed E-state index contributed by atoms with van der Waals surface area (Å²) in [5, 5.41) is 9.76. The van der Waals surface area contributed by atoms with E-state index in [-0.39, 0.29) is 12.1 Å². The van der Waals surface area contributed by atoms with Gasteiger partial charge in [-0.25, -0.2) is 0 Å². The first kappa shape index (κ1) is 53.0. The molecule has 0 aromatic rings. The molecule has 4 heteroatoms. The summed E-state index contributed by atoms with van der Waals surface area (Å²) in [4.78, 5) is 23.8. The van der Waals surface area contributed by atoms with Crippen molar-refractivity contribution in [3.63, 3.8) is 0 Å². The minimum Gasteiger partial charge on any atom is -0.481 e. The van der Waals surface area contributed by atoms with E-state index in [1.54, 1.807) is 0 Å². The van der Waals surface area contributed by atoms with Crippen LogP contribution in [0.1, 0.15) is 286 Å². The standard InChI is InChI=1S/2C24H48O2/c1-4-7-9-10-11-12-13-14-15-16-17-18-20-22-24(25)26-23(6-3)21-19-8-5-2;1-4-7-9-11-12-13-14-15-16-17-18-20-22-24(6-3,23(25)26)21-19-10-8-5-2/h23H,4-22H2,1-3H3;4-22H2,1-3H3,(H,25,26). The SMILES string of the molecule is CCCCCCCCCCCCCCC(CC)(CCCCCC)C(=O)O.CCCCCCCCCCCCCCCC(=O)OC(CC)CCCCC. The fourth-order valence-corrected chi connectivity index (χ4v) is 7.54. The number of carboxylic acids is 1. The third kappa shape index (κ3) is 35.9. The molecule has 0 rings (SSSR count). The van der Waals surface area contributed by atoms with E-state index in [0.717, 1.165) is 51.4 Å². The molecular formula is C48H96O4. The minimum absolute atomic E-state index is 0.0245. The van der Waals surface area contributed by atoms with E-state index < -0.39 is 11.4 Å². The van der Waals surface area contributed by atoms with Crippen LogP contribution < -0.4 is 0 Å². The van der Waals surface area contributed by atoms with Gasteiger partial charge in [0.05, 0.1) is 5.41 Å². The lowest BCUT2D eigenvalue weighted by Crippen LogP contribution is -2.30. The molecule has 0 aliphatic rings. The van der Waals surface area contributed by atoms with Crippen LogP contribution in [0.25, 0.3) is 0 Å². The maximum atomic E-state index is 11.9. The number of hydrogen-bond acceptors (Lipinski definition) is 3. The van der Waals surface area contributed by atoms with Gasteiger partial charge in [-0.05, 0) is 44.9 Å². The van der Waals surface area contributed by atoms with Gasteiger partial charge in [0, 0.05) is 6.42 Å². The zero-order valence-corrected chi connectivity index (χ0v) is 36.6. The molecule has 0 amide bonds. The fourth-order valence-electron chi connectivity index (χ4n) is 7.54. The normalized spacial score (nSPS) is 13.0. The van der Waals surface area contributed by atoms with Crippen molar-refractivity contribution >= 4 is 11.9 Å². The number of carbonyl (C=O) groups is 2. The molecule has 0 spiro atoms. The Balaban J connectivity index is 0. The zero-order valence-electron chi connectivity index (χ0n) is 36.6. The monoisotopic (exact) mass is 737 g/mol. The van der Waals surface area contributed by atoms with Crippen molar-refractivity contribution in [3.8, 4) is 0 Å². The van der Waals surface area contributed by atoms with E-state index in [9.17, 15) is 14.7 Å². The Morgan fingerprint density at radius 2 is 0.750 bits per heavy atom. The maximum Gasteiger partial charge on any atom is 0.309 e. The second-order valence-electron chi connectivity index (χ2n) is 16.4. The Hall–Kier alpha value is -1.06. The number of esters is 1. The highest BCUT2D eigenvalue weighted by Gasteiger charge is 2.35. The van der Waals surface area contributed by atoms with Crippen LogP contribution in [0.4, 0.5) is 0 Å². The molecular weight excluding hydrogens is 641 g/mol. The number of ether oxygens (including phenoxy) is 1. The minimum atomic E-state index is -0.556. The van der Waals surface area contributed by atoms with E-state index in [2.05, 4.69) is 41.5 Å². The summed E-state index contributed by atoms with van der Waals surface area (Å²) < 4.78 is 5.61. The first-order valence-corrected chi connectivity index (χ1v) is 23.8. The molecule has 312 valence electrons. The Bertz CT molecular complexity index is 721. The van der Waals surface area contributed by atoms with E-state index in [1.807, 2.05) is 0 Å². The van der Waals surface area contributed by atoms with Crippen LogP contribution in [-0.2, 0) is 14.3 Å². The zero-order chi connectivity index (χ0) is 38.8. The van der Waals surface area contributed by atoms with Gasteiger partial charge in [-0.2, -0.15) is 0 Å². The number of aliphatic carboxylic acids is 1. The van der Waals surface area contributed by atoms with Crippen LogP contribution in [0.5, 0.6) is 0 Å². The number of rotatable bonds is 40. The van der Waals surface area contributed by atoms with Crippen molar-refractivity contribution in [2.75, 3.05) is 0 Å². The molecule has 0 heterocycles. The highest BCUT2D eigenvalue weighted by molar-refractivity contribution is 5.74. The van der Waals surface area contributed by atoms with Gasteiger partial charge in [-0.1, -0.05) is 234 Å². The highest BCUT2D eigenvalue weighted by Crippen LogP contribution is 2.35. The first-order chi connectivity index (χ1) is 25.4. The molecule has 0 fully saturated rings. The predicted molar refractivity (Wildman–Crippen MR) is 229 cm³/mol. The molecule has 52 heavy (non-hydrogen) atoms. The summed E-state index contributed by atoms with van der Waals surface area (Å²) in [6.07, 6.45) is 47.1. The van der Waals surface area contributed by atoms with Gasteiger partial charge in [-0.3, -0.25) is 9.59 Å². The molecule has 2 unspecified atom stereocenters. The quantitative estimate of drug-likeness (QED) is 0.0502. The summed E-state index contributed by atoms with van der Waals surface area (Å²) in [6, 6.07) is 0. The van der Waals surface area contributed by atoms with Gasteiger partial charge in [0.1, 0.15) is 6.10 Å². The van der Waals surface area contributed by atoms with Crippen LogP contribution in [0.15, 0.2) is 0 Å². The molecule has 0 aliphatic heterocycles. The third-order valence-corrected chi connectivity index (χ3v) is 11.5. The van der Waals surface area contributed by atoms with Crippen molar-refractivity contribution in [1.29, 1.82) is 0 Å². The van der Waals surface area contributed by atoms with E-state index in [4.69, 9.17) is 4.74 Å². The third-order valence-electron chi connectivity index (χ3n) is 11.5. The summed E-state index contributed by atoms with van der Waals surface area (Å²) in [5.74, 6) is -0.531. The molecule has 2 atom stereocenters. The lowest BCUT2D eigenvalue weighted by molar-refractivity contribution is -0.151. The molecule has 0 radical (unpaired) electrons. The molecule has 0 aromatic carbocycles. The van der Waals surface area contributed by atoms with Crippen molar-refractivity contribution in [1.82, 2.24) is 0 Å². The maximum absolute atomic E-state index is 11.9. The average molecular weight is 737 g/mol. The largest absolute Gasteiger partial charge is 0.481 e. The van der Waals surface area contributed by atoms with Gasteiger partial charge >= 0.3 is 11.9 Å². The smallest absolute Gasteiger partial charge is 0.309 e. The van der Waals surface area contributed by atoms with Crippen molar-refractivity contribution in [3.05, 3.63) is 0 Å². The van der Waals surface area contributed by atoms with Gasteiger partial charge in [0.25, 0.3) is 0 Å². The second-order valence-corrected chi connectivity index (χ2v) is 16.4. The predicted octanol–water partition coefficient (Wildman–Crippen LogP) is 16.9. The van der Waals surface area contributed by atoms with Gasteiger partial charge in [-0.15, -0.1) is 0 Å². The molecule has 1 N–H and O–H groups in total. The number of hydrogen-bond donors (Lipinski definition) is 1. The van der Waals surface area contributed by atoms with Crippen molar-refractivity contribution < 1.29 is 19.4 Å². The van der Waals surface area contributed by atoms with Gasteiger partial charge in [0.15, 0.2) is 0 Å². The highest BCUT2D eigenvalue weighted by atomic mass is 16.5. The Kier molecular flexibility index (Phi) is 43.5. The molecule has 4 nitrogen and oxygen atoms in total. The van der Waals surface area contributed by atoms with Crippen molar-refractivity contribution in [2.45, 2.75) is 292 Å². The van der Waals surface area contributed by atoms with Crippen molar-refractivity contribution in [2.24, 2.45) is 5.41 Å². The lowest BCUT2D eigenvalue weighted by Gasteiger charge is -2.28. The molecule has 0 saturated heterocycles. The molecule has 0 aliphatic carbocycles. The summed E-state index contributed by atoms with van der Waals surface area (Å²) in [6.45, 7) is 13.1. The summed E-state index contributed by atoms with van der Waals surface area (Å²) >= 11 is 0. The summed E-state index contributed by atoms with van der Waals surface area (Å²) in [5.41, 5.74) is -0.452. The summed E-state index contributed by atoms with van der Waals surface area (Å²) in [7, 11) is 0. The van der Waals surface area contributed by atoms with Crippen LogP contribution >= 0.6 is 0 Å². The second kappa shape index (κ2) is 42.7. The number of unbranched alkanes of at least 4 members (excludes halogenated alkanes) is 28. The van der Waals surface area contributed by atoms with E-state index in [0.29, 0.717) is 6.42 Å². The first-order valence-electron chi connectivity index (χ1n) is 23.8. The number of carboxylic acid groups (broad SMARTS) is 1. The molecule has 0 bridgehead atoms. The van der Waals surface area contributed by atoms with Crippen LogP contribution in [0, 0.1) is 5.41 Å². The Labute approximate surface area is 327 Å². The van der Waals surface area contributed by atoms with E-state index in [1.165, 1.54) is 186 Å². The molecule has 0 saturated carbocycles. The van der Waals surface area contributed by atoms with Gasteiger partial charge < -0.3 is 9.84 Å². The average Bonchev–Trinajstić information content (AvgIpc) is 3.14. The van der Waals surface area contributed by atoms with Gasteiger partial charge in [0.2, 0.25) is 0 Å². The number of carbonyl (C=O) groups excluding carboxylic acids is 1. The lowest BCUT2D eigenvalue weighted by atomic mass is 9.76. The Morgan fingerprint density at radius 3 is 1.08 bits per heavy atom. The molecule has 0 aromatic heterocycles. The Morgan fingerprint density at radius 1 is 0.442 bits per heavy atom. The fraction of sp³-hybridized carbons (Fsp3) is 0.958. The van der Waals surface area contributed by atoms with Crippen LogP contribution in [0.2, 0.25) is 0 Å².